The van der Waals surface area contributed by atoms with E-state index >= 15 is 0 Å². The number of anilines is 1. The summed E-state index contributed by atoms with van der Waals surface area (Å²) < 4.78 is 26.8. The Labute approximate surface area is 180 Å². The molecule has 0 unspecified atom stereocenters. The maximum absolute atomic E-state index is 12.7. The van der Waals surface area contributed by atoms with Crippen LogP contribution in [0.4, 0.5) is 5.13 Å². The van der Waals surface area contributed by atoms with Crippen molar-refractivity contribution in [2.75, 3.05) is 52.1 Å². The number of carbonyl (C=O) groups is 2. The number of piperazine rings is 1. The molecule has 11 heteroatoms. The standard InChI is InChI=1S/C19H25N5O4S2/c1-14-17(18(26)22(2)3)29-19(20-14)21-16(25)13-23-9-11-24(12-10-23)30(27,28)15-7-5-4-6-8-15/h4-8H,9-13H2,1-3H3,(H,20,21,25). The molecule has 1 aromatic heterocycles. The van der Waals surface area contributed by atoms with Crippen molar-refractivity contribution in [3.05, 3.63) is 40.9 Å². The molecule has 0 bridgehead atoms. The highest BCUT2D eigenvalue weighted by Crippen LogP contribution is 2.23. The number of sulfonamides is 1. The van der Waals surface area contributed by atoms with Crippen LogP contribution in [0.3, 0.4) is 0 Å². The lowest BCUT2D eigenvalue weighted by Gasteiger charge is -2.33. The predicted molar refractivity (Wildman–Crippen MR) is 115 cm³/mol. The fraction of sp³-hybridized carbons (Fsp3) is 0.421. The van der Waals surface area contributed by atoms with E-state index in [1.54, 1.807) is 51.4 Å². The van der Waals surface area contributed by atoms with Crippen LogP contribution in [0.15, 0.2) is 35.2 Å². The number of benzene rings is 1. The van der Waals surface area contributed by atoms with Crippen molar-refractivity contribution in [2.24, 2.45) is 0 Å². The van der Waals surface area contributed by atoms with Crippen molar-refractivity contribution in [3.8, 4) is 0 Å². The van der Waals surface area contributed by atoms with Gasteiger partial charge < -0.3 is 10.2 Å². The SMILES string of the molecule is Cc1nc(NC(=O)CN2CCN(S(=O)(=O)c3ccccc3)CC2)sc1C(=O)N(C)C. The number of amides is 2. The van der Waals surface area contributed by atoms with Crippen LogP contribution in [-0.2, 0) is 14.8 Å². The highest BCUT2D eigenvalue weighted by molar-refractivity contribution is 7.89. The summed E-state index contributed by atoms with van der Waals surface area (Å²) in [6.45, 7) is 3.43. The summed E-state index contributed by atoms with van der Waals surface area (Å²) in [5, 5.41) is 3.12. The van der Waals surface area contributed by atoms with E-state index in [9.17, 15) is 18.0 Å². The Morgan fingerprint density at radius 1 is 1.13 bits per heavy atom. The third-order valence-corrected chi connectivity index (χ3v) is 7.70. The number of nitrogens with zero attached hydrogens (tertiary/aromatic N) is 4. The van der Waals surface area contributed by atoms with Gasteiger partial charge in [-0.25, -0.2) is 13.4 Å². The molecule has 1 fully saturated rings. The first-order valence-corrected chi connectivity index (χ1v) is 11.7. The number of thiazole rings is 1. The van der Waals surface area contributed by atoms with E-state index in [1.807, 2.05) is 4.90 Å². The van der Waals surface area contributed by atoms with Gasteiger partial charge in [0, 0.05) is 40.3 Å². The Morgan fingerprint density at radius 2 is 1.77 bits per heavy atom. The average Bonchev–Trinajstić information content (AvgIpc) is 3.08. The van der Waals surface area contributed by atoms with E-state index in [2.05, 4.69) is 10.3 Å². The Morgan fingerprint density at radius 3 is 2.37 bits per heavy atom. The molecule has 1 aliphatic rings. The lowest BCUT2D eigenvalue weighted by molar-refractivity contribution is -0.117. The van der Waals surface area contributed by atoms with Crippen LogP contribution in [-0.4, -0.2) is 86.1 Å². The van der Waals surface area contributed by atoms with E-state index in [-0.39, 0.29) is 23.3 Å². The van der Waals surface area contributed by atoms with Crippen molar-refractivity contribution < 1.29 is 18.0 Å². The zero-order valence-electron chi connectivity index (χ0n) is 17.2. The molecule has 2 amide bonds. The number of hydrogen-bond acceptors (Lipinski definition) is 7. The first-order valence-electron chi connectivity index (χ1n) is 9.45. The monoisotopic (exact) mass is 451 g/mol. The van der Waals surface area contributed by atoms with Crippen LogP contribution in [0.5, 0.6) is 0 Å². The molecule has 30 heavy (non-hydrogen) atoms. The minimum absolute atomic E-state index is 0.134. The second-order valence-corrected chi connectivity index (χ2v) is 10.1. The number of hydrogen-bond donors (Lipinski definition) is 1. The second kappa shape index (κ2) is 9.21. The fourth-order valence-electron chi connectivity index (χ4n) is 3.08. The Kier molecular flexibility index (Phi) is 6.86. The summed E-state index contributed by atoms with van der Waals surface area (Å²) in [4.78, 5) is 32.9. The van der Waals surface area contributed by atoms with Crippen molar-refractivity contribution in [1.82, 2.24) is 19.1 Å². The van der Waals surface area contributed by atoms with E-state index in [1.165, 1.54) is 9.21 Å². The van der Waals surface area contributed by atoms with Crippen molar-refractivity contribution in [2.45, 2.75) is 11.8 Å². The fourth-order valence-corrected chi connectivity index (χ4v) is 5.53. The summed E-state index contributed by atoms with van der Waals surface area (Å²) >= 11 is 1.15. The molecule has 2 aromatic rings. The van der Waals surface area contributed by atoms with Crippen LogP contribution < -0.4 is 5.32 Å². The van der Waals surface area contributed by atoms with Gasteiger partial charge in [0.25, 0.3) is 5.91 Å². The van der Waals surface area contributed by atoms with Gasteiger partial charge >= 0.3 is 0 Å². The highest BCUT2D eigenvalue weighted by atomic mass is 32.2. The Hall–Kier alpha value is -2.34. The molecule has 3 rings (SSSR count). The molecule has 162 valence electrons. The van der Waals surface area contributed by atoms with Gasteiger partial charge in [0.15, 0.2) is 5.13 Å². The molecule has 0 atom stereocenters. The van der Waals surface area contributed by atoms with Gasteiger partial charge in [0.1, 0.15) is 4.88 Å². The number of carbonyl (C=O) groups excluding carboxylic acids is 2. The molecular weight excluding hydrogens is 426 g/mol. The maximum Gasteiger partial charge on any atom is 0.265 e. The quantitative estimate of drug-likeness (QED) is 0.706. The van der Waals surface area contributed by atoms with Crippen LogP contribution in [0.1, 0.15) is 15.4 Å². The van der Waals surface area contributed by atoms with E-state index in [4.69, 9.17) is 0 Å². The van der Waals surface area contributed by atoms with Crippen molar-refractivity contribution in [3.63, 3.8) is 0 Å². The van der Waals surface area contributed by atoms with E-state index < -0.39 is 10.0 Å². The van der Waals surface area contributed by atoms with Gasteiger partial charge in [0.2, 0.25) is 15.9 Å². The normalized spacial score (nSPS) is 15.7. The first kappa shape index (κ1) is 22.3. The van der Waals surface area contributed by atoms with E-state index in [0.717, 1.165) is 11.3 Å². The lowest BCUT2D eigenvalue weighted by atomic mass is 10.3. The van der Waals surface area contributed by atoms with Crippen LogP contribution in [0.25, 0.3) is 0 Å². The number of rotatable bonds is 6. The van der Waals surface area contributed by atoms with Gasteiger partial charge in [-0.3, -0.25) is 14.5 Å². The zero-order chi connectivity index (χ0) is 21.9. The molecule has 9 nitrogen and oxygen atoms in total. The summed E-state index contributed by atoms with van der Waals surface area (Å²) in [6.07, 6.45) is 0. The molecule has 0 spiro atoms. The molecule has 0 radical (unpaired) electrons. The summed E-state index contributed by atoms with van der Waals surface area (Å²) in [7, 11) is -0.190. The molecule has 0 saturated carbocycles. The van der Waals surface area contributed by atoms with Crippen molar-refractivity contribution >= 4 is 38.3 Å². The number of nitrogens with one attached hydrogen (secondary N) is 1. The van der Waals surface area contributed by atoms with Gasteiger partial charge in [0.05, 0.1) is 17.1 Å². The Balaban J connectivity index is 1.54. The number of aromatic nitrogens is 1. The average molecular weight is 452 g/mol. The second-order valence-electron chi connectivity index (χ2n) is 7.17. The van der Waals surface area contributed by atoms with Crippen LogP contribution in [0, 0.1) is 6.92 Å². The minimum Gasteiger partial charge on any atom is -0.344 e. The largest absolute Gasteiger partial charge is 0.344 e. The van der Waals surface area contributed by atoms with Crippen LogP contribution >= 0.6 is 11.3 Å². The topological polar surface area (TPSA) is 103 Å². The lowest BCUT2D eigenvalue weighted by Crippen LogP contribution is -2.50. The van der Waals surface area contributed by atoms with Gasteiger partial charge in [-0.2, -0.15) is 4.31 Å². The minimum atomic E-state index is -3.52. The van der Waals surface area contributed by atoms with Gasteiger partial charge in [-0.05, 0) is 19.1 Å². The smallest absolute Gasteiger partial charge is 0.265 e. The summed E-state index contributed by atoms with van der Waals surface area (Å²) in [6, 6.07) is 8.34. The third-order valence-electron chi connectivity index (χ3n) is 4.72. The molecule has 0 aliphatic carbocycles. The zero-order valence-corrected chi connectivity index (χ0v) is 18.8. The first-order chi connectivity index (χ1) is 14.2. The maximum atomic E-state index is 12.7. The van der Waals surface area contributed by atoms with Crippen molar-refractivity contribution in [1.29, 1.82) is 0 Å². The molecule has 2 heterocycles. The molecule has 1 aromatic carbocycles. The highest BCUT2D eigenvalue weighted by Gasteiger charge is 2.29. The molecule has 1 N–H and O–H groups in total. The predicted octanol–water partition coefficient (Wildman–Crippen LogP) is 1.10. The number of aryl methyl sites for hydroxylation is 1. The molecule has 1 saturated heterocycles. The summed E-state index contributed by atoms with van der Waals surface area (Å²) in [5.74, 6) is -0.395. The van der Waals surface area contributed by atoms with E-state index in [0.29, 0.717) is 41.9 Å². The molecular formula is C19H25N5O4S2. The van der Waals surface area contributed by atoms with Gasteiger partial charge in [-0.1, -0.05) is 29.5 Å². The third kappa shape index (κ3) is 5.04. The van der Waals surface area contributed by atoms with Gasteiger partial charge in [-0.15, -0.1) is 0 Å². The molecule has 1 aliphatic heterocycles. The van der Waals surface area contributed by atoms with Crippen LogP contribution in [0.2, 0.25) is 0 Å². The Bertz CT molecular complexity index is 1010. The summed E-state index contributed by atoms with van der Waals surface area (Å²) in [5.41, 5.74) is 0.578.